The first-order valence-electron chi connectivity index (χ1n) is 1.74. The third-order valence-corrected chi connectivity index (χ3v) is 1.75. The molecular formula is C2H4Na2O4S2. The Balaban J connectivity index is -0.000000245. The van der Waals surface area contributed by atoms with Gasteiger partial charge in [0, 0.05) is 11.5 Å². The third-order valence-electron chi connectivity index (χ3n) is 0.417. The van der Waals surface area contributed by atoms with Gasteiger partial charge in [-0.05, 0) is 0 Å². The Labute approximate surface area is 109 Å². The topological polar surface area (TPSA) is 80.3 Å². The second-order valence-corrected chi connectivity index (χ2v) is 3.05. The van der Waals surface area contributed by atoms with E-state index in [1.54, 1.807) is 0 Å². The fraction of sp³-hybridized carbons (Fsp3) is 1.00. The van der Waals surface area contributed by atoms with Crippen LogP contribution in [0.25, 0.3) is 0 Å². The normalized spacial score (nSPS) is 14.2. The molecule has 0 spiro atoms. The Kier molecular flexibility index (Phi) is 20.3. The molecule has 50 valence electrons. The molecule has 2 unspecified atom stereocenters. The number of hydrogen-bond acceptors (Lipinski definition) is 4. The van der Waals surface area contributed by atoms with Gasteiger partial charge in [-0.1, -0.05) is 22.2 Å². The van der Waals surface area contributed by atoms with Crippen molar-refractivity contribution in [2.24, 2.45) is 0 Å². The molecule has 8 heteroatoms. The van der Waals surface area contributed by atoms with Gasteiger partial charge in [0.25, 0.3) is 0 Å². The molecule has 0 heterocycles. The van der Waals surface area contributed by atoms with Gasteiger partial charge in [0.1, 0.15) is 0 Å². The van der Waals surface area contributed by atoms with Gasteiger partial charge >= 0.3 is 59.1 Å². The van der Waals surface area contributed by atoms with Crippen molar-refractivity contribution in [1.82, 2.24) is 0 Å². The van der Waals surface area contributed by atoms with Crippen LogP contribution in [0.2, 0.25) is 0 Å². The summed E-state index contributed by atoms with van der Waals surface area (Å²) in [4.78, 5) is 0. The second kappa shape index (κ2) is 11.2. The molecule has 2 atom stereocenters. The van der Waals surface area contributed by atoms with E-state index in [0.717, 1.165) is 0 Å². The zero-order chi connectivity index (χ0) is 6.57. The molecule has 0 aromatic rings. The Bertz CT molecular complexity index is 104. The van der Waals surface area contributed by atoms with Gasteiger partial charge in [0.2, 0.25) is 0 Å². The first-order chi connectivity index (χ1) is 3.63. The van der Waals surface area contributed by atoms with Crippen LogP contribution in [0.4, 0.5) is 0 Å². The van der Waals surface area contributed by atoms with Gasteiger partial charge in [0.05, 0.1) is 0 Å². The number of rotatable bonds is 3. The monoisotopic (exact) mass is 202 g/mol. The van der Waals surface area contributed by atoms with E-state index in [1.807, 2.05) is 0 Å². The van der Waals surface area contributed by atoms with Crippen molar-refractivity contribution in [3.8, 4) is 0 Å². The van der Waals surface area contributed by atoms with Gasteiger partial charge in [-0.15, -0.1) is 0 Å². The summed E-state index contributed by atoms with van der Waals surface area (Å²) in [6.45, 7) is 0. The van der Waals surface area contributed by atoms with E-state index in [4.69, 9.17) is 0 Å². The minimum Gasteiger partial charge on any atom is -0.772 e. The average molecular weight is 202 g/mol. The van der Waals surface area contributed by atoms with E-state index >= 15 is 0 Å². The number of hydrogen-bond donors (Lipinski definition) is 0. The van der Waals surface area contributed by atoms with Crippen molar-refractivity contribution in [1.29, 1.82) is 0 Å². The summed E-state index contributed by atoms with van der Waals surface area (Å²) in [6.07, 6.45) is 0. The fourth-order valence-corrected chi connectivity index (χ4v) is 1.22. The van der Waals surface area contributed by atoms with Crippen LogP contribution >= 0.6 is 0 Å². The summed E-state index contributed by atoms with van der Waals surface area (Å²) in [5, 5.41) is 0. The predicted octanol–water partition coefficient (Wildman–Crippen LogP) is -7.25. The molecular weight excluding hydrogens is 198 g/mol. The quantitative estimate of drug-likeness (QED) is 0.336. The molecule has 0 aliphatic heterocycles. The fourth-order valence-electron chi connectivity index (χ4n) is 0.136. The van der Waals surface area contributed by atoms with Crippen molar-refractivity contribution in [2.45, 2.75) is 0 Å². The van der Waals surface area contributed by atoms with Gasteiger partial charge < -0.3 is 9.11 Å². The molecule has 0 aromatic heterocycles. The minimum absolute atomic E-state index is 0. The van der Waals surface area contributed by atoms with Crippen LogP contribution in [-0.2, 0) is 22.2 Å². The largest absolute Gasteiger partial charge is 1.00 e. The Morgan fingerprint density at radius 3 is 1.20 bits per heavy atom. The van der Waals surface area contributed by atoms with Gasteiger partial charge in [-0.3, -0.25) is 8.42 Å². The van der Waals surface area contributed by atoms with Crippen LogP contribution in [0, 0.1) is 0 Å². The molecule has 10 heavy (non-hydrogen) atoms. The molecule has 0 aliphatic carbocycles. The Morgan fingerprint density at radius 2 is 1.10 bits per heavy atom. The summed E-state index contributed by atoms with van der Waals surface area (Å²) in [5.41, 5.74) is 0. The molecule has 0 bridgehead atoms. The Morgan fingerprint density at radius 1 is 0.900 bits per heavy atom. The zero-order valence-corrected chi connectivity index (χ0v) is 11.5. The van der Waals surface area contributed by atoms with Crippen molar-refractivity contribution >= 4 is 22.2 Å². The second-order valence-electron chi connectivity index (χ2n) is 1.02. The maximum atomic E-state index is 9.63. The molecule has 0 rings (SSSR count). The maximum Gasteiger partial charge on any atom is 1.00 e. The van der Waals surface area contributed by atoms with Crippen LogP contribution in [0.5, 0.6) is 0 Å². The molecule has 0 N–H and O–H groups in total. The average Bonchev–Trinajstić information content (AvgIpc) is 1.61. The van der Waals surface area contributed by atoms with Crippen LogP contribution in [0.15, 0.2) is 0 Å². The van der Waals surface area contributed by atoms with E-state index in [-0.39, 0.29) is 70.6 Å². The standard InChI is InChI=1S/C2H6O4S2.2Na/c3-7(4)1-2-8(5)6;;/h1-2H2,(H,3,4)(H,5,6);;/q;2*+1/p-2. The maximum absolute atomic E-state index is 9.63. The van der Waals surface area contributed by atoms with Gasteiger partial charge in [0.15, 0.2) is 0 Å². The SMILES string of the molecule is O=S([O-])CCS(=O)[O-].[Na+].[Na+]. The van der Waals surface area contributed by atoms with Crippen LogP contribution in [0.3, 0.4) is 0 Å². The summed E-state index contributed by atoms with van der Waals surface area (Å²) in [7, 11) is 0. The van der Waals surface area contributed by atoms with E-state index < -0.39 is 22.2 Å². The van der Waals surface area contributed by atoms with Crippen LogP contribution in [-0.4, -0.2) is 29.0 Å². The summed E-state index contributed by atoms with van der Waals surface area (Å²) in [6, 6.07) is 0. The molecule has 0 radical (unpaired) electrons. The predicted molar refractivity (Wildman–Crippen MR) is 27.6 cm³/mol. The van der Waals surface area contributed by atoms with E-state index in [9.17, 15) is 17.5 Å². The first kappa shape index (κ1) is 18.1. The molecule has 0 amide bonds. The summed E-state index contributed by atoms with van der Waals surface area (Å²) >= 11 is -4.46. The molecule has 0 saturated heterocycles. The first-order valence-corrected chi connectivity index (χ1v) is 4.23. The zero-order valence-electron chi connectivity index (χ0n) is 5.86. The van der Waals surface area contributed by atoms with Gasteiger partial charge in [-0.25, -0.2) is 0 Å². The van der Waals surface area contributed by atoms with E-state index in [1.165, 1.54) is 0 Å². The molecule has 0 aromatic carbocycles. The van der Waals surface area contributed by atoms with Crippen molar-refractivity contribution < 1.29 is 76.6 Å². The molecule has 0 saturated carbocycles. The third kappa shape index (κ3) is 16.7. The van der Waals surface area contributed by atoms with Crippen molar-refractivity contribution in [3.05, 3.63) is 0 Å². The summed E-state index contributed by atoms with van der Waals surface area (Å²) in [5.74, 6) is -0.619. The Hall–Kier alpha value is 2.22. The summed E-state index contributed by atoms with van der Waals surface area (Å²) < 4.78 is 38.5. The van der Waals surface area contributed by atoms with Crippen molar-refractivity contribution in [2.75, 3.05) is 11.5 Å². The molecule has 4 nitrogen and oxygen atoms in total. The van der Waals surface area contributed by atoms with E-state index in [0.29, 0.717) is 0 Å². The molecule has 0 aliphatic rings. The van der Waals surface area contributed by atoms with Gasteiger partial charge in [-0.2, -0.15) is 0 Å². The van der Waals surface area contributed by atoms with E-state index in [2.05, 4.69) is 0 Å². The minimum atomic E-state index is -2.23. The smallest absolute Gasteiger partial charge is 0.772 e. The molecule has 0 fully saturated rings. The van der Waals surface area contributed by atoms with Crippen LogP contribution in [0.1, 0.15) is 0 Å². The van der Waals surface area contributed by atoms with Crippen LogP contribution < -0.4 is 59.1 Å². The van der Waals surface area contributed by atoms with Crippen molar-refractivity contribution in [3.63, 3.8) is 0 Å².